The number of rotatable bonds is 2. The van der Waals surface area contributed by atoms with Gasteiger partial charge in [-0.3, -0.25) is 0 Å². The quantitative estimate of drug-likeness (QED) is 0.756. The standard InChI is InChI=1S/C13H11N/c14-13(11-7-3-1-4-8-11)12-9-5-2-6-10-12/h1-7,9,13H,14H2. The molecule has 2 aromatic rings. The van der Waals surface area contributed by atoms with E-state index in [0.29, 0.717) is 0 Å². The van der Waals surface area contributed by atoms with Crippen LogP contribution in [0.2, 0.25) is 0 Å². The maximum Gasteiger partial charge on any atom is 0.0563 e. The first-order valence-corrected chi connectivity index (χ1v) is 4.57. The van der Waals surface area contributed by atoms with Crippen LogP contribution in [0.5, 0.6) is 0 Å². The smallest absolute Gasteiger partial charge is 0.0563 e. The van der Waals surface area contributed by atoms with Gasteiger partial charge in [-0.1, -0.05) is 48.5 Å². The molecule has 0 aliphatic carbocycles. The summed E-state index contributed by atoms with van der Waals surface area (Å²) in [4.78, 5) is 0. The molecule has 0 aromatic heterocycles. The van der Waals surface area contributed by atoms with Gasteiger partial charge in [-0.05, 0) is 23.3 Å². The largest absolute Gasteiger partial charge is 0.320 e. The summed E-state index contributed by atoms with van der Waals surface area (Å²) < 4.78 is 0. The second-order valence-electron chi connectivity index (χ2n) is 3.11. The van der Waals surface area contributed by atoms with Crippen molar-refractivity contribution >= 4 is 0 Å². The molecule has 2 N–H and O–H groups in total. The Hall–Kier alpha value is -1.60. The molecule has 0 saturated carbocycles. The average Bonchev–Trinajstić information content (AvgIpc) is 2.30. The van der Waals surface area contributed by atoms with Crippen LogP contribution in [0.1, 0.15) is 17.2 Å². The van der Waals surface area contributed by atoms with E-state index in [4.69, 9.17) is 5.73 Å². The van der Waals surface area contributed by atoms with E-state index in [0.717, 1.165) is 11.1 Å². The number of benzene rings is 2. The summed E-state index contributed by atoms with van der Waals surface area (Å²) >= 11 is 0. The minimum absolute atomic E-state index is 0.127. The van der Waals surface area contributed by atoms with Crippen molar-refractivity contribution in [3.8, 4) is 0 Å². The Labute approximate surface area is 84.2 Å². The molecule has 0 aliphatic heterocycles. The fourth-order valence-electron chi connectivity index (χ4n) is 1.37. The van der Waals surface area contributed by atoms with Gasteiger partial charge in [-0.2, -0.15) is 0 Å². The molecular formula is C13H11N. The van der Waals surface area contributed by atoms with Crippen molar-refractivity contribution < 1.29 is 0 Å². The average molecular weight is 181 g/mol. The first-order chi connectivity index (χ1) is 6.88. The fraction of sp³-hybridized carbons (Fsp3) is 0.0769. The predicted octanol–water partition coefficient (Wildman–Crippen LogP) is 2.34. The highest BCUT2D eigenvalue weighted by atomic mass is 14.6. The van der Waals surface area contributed by atoms with Crippen LogP contribution >= 0.6 is 0 Å². The van der Waals surface area contributed by atoms with Crippen molar-refractivity contribution in [2.45, 2.75) is 6.04 Å². The van der Waals surface area contributed by atoms with Crippen molar-refractivity contribution in [3.05, 3.63) is 71.8 Å². The summed E-state index contributed by atoms with van der Waals surface area (Å²) in [5.74, 6) is 0. The van der Waals surface area contributed by atoms with Crippen LogP contribution in [-0.2, 0) is 0 Å². The molecule has 2 radical (unpaired) electrons. The lowest BCUT2D eigenvalue weighted by molar-refractivity contribution is 0.868. The minimum Gasteiger partial charge on any atom is -0.320 e. The van der Waals surface area contributed by atoms with E-state index in [1.165, 1.54) is 0 Å². The Kier molecular flexibility index (Phi) is 2.61. The van der Waals surface area contributed by atoms with Crippen LogP contribution < -0.4 is 5.73 Å². The Morgan fingerprint density at radius 2 is 1.36 bits per heavy atom. The van der Waals surface area contributed by atoms with Crippen LogP contribution in [-0.4, -0.2) is 0 Å². The van der Waals surface area contributed by atoms with Gasteiger partial charge in [0.15, 0.2) is 0 Å². The molecule has 1 heteroatoms. The lowest BCUT2D eigenvalue weighted by atomic mass is 10.00. The van der Waals surface area contributed by atoms with Gasteiger partial charge in [0.1, 0.15) is 0 Å². The second kappa shape index (κ2) is 4.07. The van der Waals surface area contributed by atoms with E-state index >= 15 is 0 Å². The van der Waals surface area contributed by atoms with Crippen molar-refractivity contribution in [2.24, 2.45) is 5.73 Å². The Bertz CT molecular complexity index is 341. The molecule has 0 aliphatic rings. The zero-order valence-electron chi connectivity index (χ0n) is 7.77. The Morgan fingerprint density at radius 1 is 0.857 bits per heavy atom. The highest BCUT2D eigenvalue weighted by Crippen LogP contribution is 2.17. The van der Waals surface area contributed by atoms with E-state index in [1.807, 2.05) is 48.5 Å². The molecule has 0 amide bonds. The summed E-state index contributed by atoms with van der Waals surface area (Å²) in [6.45, 7) is 0. The van der Waals surface area contributed by atoms with Gasteiger partial charge in [0, 0.05) is 0 Å². The Balaban J connectivity index is 2.30. The number of hydrogen-bond donors (Lipinski definition) is 1. The topological polar surface area (TPSA) is 26.0 Å². The minimum atomic E-state index is -0.127. The van der Waals surface area contributed by atoms with Gasteiger partial charge >= 0.3 is 0 Å². The predicted molar refractivity (Wildman–Crippen MR) is 56.6 cm³/mol. The van der Waals surface area contributed by atoms with Crippen molar-refractivity contribution in [1.82, 2.24) is 0 Å². The monoisotopic (exact) mass is 181 g/mol. The molecule has 2 rings (SSSR count). The molecule has 68 valence electrons. The molecule has 0 spiro atoms. The van der Waals surface area contributed by atoms with Crippen molar-refractivity contribution in [1.29, 1.82) is 0 Å². The molecule has 0 heterocycles. The van der Waals surface area contributed by atoms with Gasteiger partial charge in [0.2, 0.25) is 0 Å². The fourth-order valence-corrected chi connectivity index (χ4v) is 1.37. The molecule has 1 nitrogen and oxygen atoms in total. The normalized spacial score (nSPS) is 10.4. The molecule has 0 unspecified atom stereocenters. The van der Waals surface area contributed by atoms with Gasteiger partial charge in [-0.25, -0.2) is 0 Å². The van der Waals surface area contributed by atoms with E-state index in [1.54, 1.807) is 0 Å². The van der Waals surface area contributed by atoms with Crippen molar-refractivity contribution in [3.63, 3.8) is 0 Å². The van der Waals surface area contributed by atoms with Crippen LogP contribution in [0, 0.1) is 12.1 Å². The molecule has 14 heavy (non-hydrogen) atoms. The van der Waals surface area contributed by atoms with Crippen molar-refractivity contribution in [2.75, 3.05) is 0 Å². The first-order valence-electron chi connectivity index (χ1n) is 4.57. The van der Waals surface area contributed by atoms with Crippen LogP contribution in [0.3, 0.4) is 0 Å². The van der Waals surface area contributed by atoms with Crippen LogP contribution in [0.25, 0.3) is 0 Å². The van der Waals surface area contributed by atoms with Crippen LogP contribution in [0.15, 0.2) is 48.5 Å². The molecule has 0 bridgehead atoms. The van der Waals surface area contributed by atoms with Gasteiger partial charge in [-0.15, -0.1) is 0 Å². The third-order valence-corrected chi connectivity index (χ3v) is 2.14. The zero-order chi connectivity index (χ0) is 9.80. The first kappa shape index (κ1) is 8.97. The SMILES string of the molecule is NC(c1[c]cccc1)c1[c]cccc1. The summed E-state index contributed by atoms with van der Waals surface area (Å²) in [7, 11) is 0. The van der Waals surface area contributed by atoms with E-state index in [9.17, 15) is 0 Å². The van der Waals surface area contributed by atoms with Crippen LogP contribution in [0.4, 0.5) is 0 Å². The van der Waals surface area contributed by atoms with E-state index < -0.39 is 0 Å². The molecule has 0 saturated heterocycles. The summed E-state index contributed by atoms with van der Waals surface area (Å²) in [6.07, 6.45) is 0. The summed E-state index contributed by atoms with van der Waals surface area (Å²) in [5, 5.41) is 0. The molecule has 2 aromatic carbocycles. The second-order valence-corrected chi connectivity index (χ2v) is 3.11. The maximum atomic E-state index is 6.05. The van der Waals surface area contributed by atoms with Gasteiger partial charge in [0.05, 0.1) is 6.04 Å². The molecule has 0 fully saturated rings. The maximum absolute atomic E-state index is 6.05. The van der Waals surface area contributed by atoms with Gasteiger partial charge < -0.3 is 5.73 Å². The highest BCUT2D eigenvalue weighted by Gasteiger charge is 2.06. The summed E-state index contributed by atoms with van der Waals surface area (Å²) in [6, 6.07) is 21.6. The molecule has 0 atom stereocenters. The molecular weight excluding hydrogens is 170 g/mol. The lowest BCUT2D eigenvalue weighted by Gasteiger charge is -2.10. The third-order valence-electron chi connectivity index (χ3n) is 2.14. The number of hydrogen-bond acceptors (Lipinski definition) is 1. The van der Waals surface area contributed by atoms with Gasteiger partial charge in [0.25, 0.3) is 0 Å². The van der Waals surface area contributed by atoms with E-state index in [2.05, 4.69) is 12.1 Å². The van der Waals surface area contributed by atoms with E-state index in [-0.39, 0.29) is 6.04 Å². The number of nitrogens with two attached hydrogens (primary N) is 1. The summed E-state index contributed by atoms with van der Waals surface area (Å²) in [5.41, 5.74) is 8.04. The third kappa shape index (κ3) is 1.83. The zero-order valence-corrected chi connectivity index (χ0v) is 7.77. The Morgan fingerprint density at radius 3 is 1.71 bits per heavy atom. The lowest BCUT2D eigenvalue weighted by Crippen LogP contribution is -2.11. The highest BCUT2D eigenvalue weighted by molar-refractivity contribution is 5.29.